The monoisotopic (exact) mass is 514 g/mol. The van der Waals surface area contributed by atoms with E-state index in [1.165, 1.54) is 10.4 Å². The zero-order chi connectivity index (χ0) is 18.7. The van der Waals surface area contributed by atoms with Crippen LogP contribution in [-0.4, -0.2) is 37.4 Å². The number of hydrogen-bond donors (Lipinski definition) is 2. The van der Waals surface area contributed by atoms with Crippen molar-refractivity contribution in [1.82, 2.24) is 15.6 Å². The first-order chi connectivity index (χ1) is 13.2. The molecular formula is C20H27IN4O2S. The van der Waals surface area contributed by atoms with Crippen LogP contribution in [0, 0.1) is 6.92 Å². The summed E-state index contributed by atoms with van der Waals surface area (Å²) in [5.41, 5.74) is 1.43. The first kappa shape index (κ1) is 21.2. The topological polar surface area (TPSA) is 67.8 Å². The standard InChI is InChI=1S/C20H26N4O2S.HI/c1-3-21-19(22-9-6-18-23-11-14(2)27-18)24-12-20(7-8-20)15-4-5-16-17(10-15)26-13-25-16;/h4-5,10-11H,3,6-9,12-13H2,1-2H3,(H2,21,22,24);1H. The van der Waals surface area contributed by atoms with Crippen LogP contribution in [0.3, 0.4) is 0 Å². The van der Waals surface area contributed by atoms with Crippen LogP contribution in [0.15, 0.2) is 29.4 Å². The Labute approximate surface area is 187 Å². The van der Waals surface area contributed by atoms with Crippen LogP contribution in [0.2, 0.25) is 0 Å². The Kier molecular flexibility index (Phi) is 7.03. The van der Waals surface area contributed by atoms with Gasteiger partial charge in [-0.3, -0.25) is 4.99 Å². The van der Waals surface area contributed by atoms with Gasteiger partial charge in [-0.15, -0.1) is 35.3 Å². The molecule has 0 unspecified atom stereocenters. The Balaban J connectivity index is 0.00000225. The summed E-state index contributed by atoms with van der Waals surface area (Å²) in [4.78, 5) is 10.5. The molecule has 2 aliphatic rings. The first-order valence-corrected chi connectivity index (χ1v) is 10.3. The fourth-order valence-corrected chi connectivity index (χ4v) is 4.08. The van der Waals surface area contributed by atoms with Gasteiger partial charge in [-0.2, -0.15) is 0 Å². The third-order valence-corrected chi connectivity index (χ3v) is 6.00. The number of benzene rings is 1. The van der Waals surface area contributed by atoms with Crippen molar-refractivity contribution in [3.8, 4) is 11.5 Å². The van der Waals surface area contributed by atoms with Crippen molar-refractivity contribution in [2.45, 2.75) is 38.5 Å². The summed E-state index contributed by atoms with van der Waals surface area (Å²) in [6, 6.07) is 6.29. The number of guanidine groups is 1. The van der Waals surface area contributed by atoms with Crippen molar-refractivity contribution in [3.05, 3.63) is 39.8 Å². The van der Waals surface area contributed by atoms with Gasteiger partial charge in [-0.1, -0.05) is 6.07 Å². The maximum Gasteiger partial charge on any atom is 0.231 e. The lowest BCUT2D eigenvalue weighted by Crippen LogP contribution is -2.39. The van der Waals surface area contributed by atoms with E-state index in [9.17, 15) is 0 Å². The van der Waals surface area contributed by atoms with E-state index >= 15 is 0 Å². The molecule has 0 amide bonds. The molecule has 1 aromatic heterocycles. The molecule has 4 rings (SSSR count). The molecule has 1 aliphatic carbocycles. The van der Waals surface area contributed by atoms with Crippen LogP contribution >= 0.6 is 35.3 Å². The summed E-state index contributed by atoms with van der Waals surface area (Å²) in [5, 5.41) is 7.94. The highest BCUT2D eigenvalue weighted by Crippen LogP contribution is 2.50. The Hall–Kier alpha value is -1.55. The van der Waals surface area contributed by atoms with E-state index in [-0.39, 0.29) is 29.4 Å². The van der Waals surface area contributed by atoms with Crippen LogP contribution in [0.5, 0.6) is 11.5 Å². The van der Waals surface area contributed by atoms with Crippen molar-refractivity contribution in [1.29, 1.82) is 0 Å². The van der Waals surface area contributed by atoms with E-state index in [1.807, 2.05) is 12.3 Å². The highest BCUT2D eigenvalue weighted by molar-refractivity contribution is 14.0. The molecule has 1 fully saturated rings. The minimum atomic E-state index is 0. The number of hydrogen-bond acceptors (Lipinski definition) is 5. The van der Waals surface area contributed by atoms with Crippen LogP contribution in [0.4, 0.5) is 0 Å². The summed E-state index contributed by atoms with van der Waals surface area (Å²) >= 11 is 1.75. The van der Waals surface area contributed by atoms with Gasteiger partial charge >= 0.3 is 0 Å². The molecule has 152 valence electrons. The lowest BCUT2D eigenvalue weighted by Gasteiger charge is -2.16. The van der Waals surface area contributed by atoms with Crippen LogP contribution < -0.4 is 20.1 Å². The summed E-state index contributed by atoms with van der Waals surface area (Å²) in [7, 11) is 0. The van der Waals surface area contributed by atoms with E-state index in [0.29, 0.717) is 6.79 Å². The molecule has 1 saturated carbocycles. The van der Waals surface area contributed by atoms with Crippen molar-refractivity contribution in [3.63, 3.8) is 0 Å². The summed E-state index contributed by atoms with van der Waals surface area (Å²) in [5.74, 6) is 2.56. The Bertz CT molecular complexity index is 835. The molecule has 1 aliphatic heterocycles. The average molecular weight is 514 g/mol. The van der Waals surface area contributed by atoms with Crippen LogP contribution in [0.25, 0.3) is 0 Å². The predicted octanol–water partition coefficient (Wildman–Crippen LogP) is 3.63. The number of aromatic nitrogens is 1. The molecule has 8 heteroatoms. The molecule has 2 N–H and O–H groups in total. The Morgan fingerprint density at radius 1 is 1.25 bits per heavy atom. The maximum atomic E-state index is 5.54. The molecule has 0 saturated heterocycles. The van der Waals surface area contributed by atoms with Crippen molar-refractivity contribution < 1.29 is 9.47 Å². The second-order valence-corrected chi connectivity index (χ2v) is 8.40. The lowest BCUT2D eigenvalue weighted by atomic mass is 9.96. The highest BCUT2D eigenvalue weighted by Gasteiger charge is 2.44. The molecule has 0 radical (unpaired) electrons. The van der Waals surface area contributed by atoms with E-state index < -0.39 is 0 Å². The second-order valence-electron chi connectivity index (χ2n) is 7.08. The van der Waals surface area contributed by atoms with Crippen molar-refractivity contribution >= 4 is 41.3 Å². The zero-order valence-corrected chi connectivity index (χ0v) is 19.4. The van der Waals surface area contributed by atoms with E-state index in [2.05, 4.69) is 41.6 Å². The van der Waals surface area contributed by atoms with Gasteiger partial charge < -0.3 is 20.1 Å². The summed E-state index contributed by atoms with van der Waals surface area (Å²) in [6.07, 6.45) is 5.17. The van der Waals surface area contributed by atoms with Crippen LogP contribution in [-0.2, 0) is 11.8 Å². The average Bonchev–Trinajstić information content (AvgIpc) is 3.11. The fourth-order valence-electron chi connectivity index (χ4n) is 3.29. The van der Waals surface area contributed by atoms with Gasteiger partial charge in [0.05, 0.1) is 11.6 Å². The molecule has 6 nitrogen and oxygen atoms in total. The molecule has 0 atom stereocenters. The van der Waals surface area contributed by atoms with Gasteiger partial charge in [0.1, 0.15) is 0 Å². The smallest absolute Gasteiger partial charge is 0.231 e. The normalized spacial score (nSPS) is 16.4. The van der Waals surface area contributed by atoms with Crippen LogP contribution in [0.1, 0.15) is 35.2 Å². The number of rotatable bonds is 7. The number of fused-ring (bicyclic) bond motifs is 1. The van der Waals surface area contributed by atoms with Crippen molar-refractivity contribution in [2.24, 2.45) is 4.99 Å². The van der Waals surface area contributed by atoms with Gasteiger partial charge in [0.25, 0.3) is 0 Å². The third kappa shape index (κ3) is 4.89. The number of thiazole rings is 1. The largest absolute Gasteiger partial charge is 0.454 e. The quantitative estimate of drug-likeness (QED) is 0.336. The van der Waals surface area contributed by atoms with Gasteiger partial charge in [-0.25, -0.2) is 4.98 Å². The van der Waals surface area contributed by atoms with Gasteiger partial charge in [0.15, 0.2) is 17.5 Å². The fraction of sp³-hybridized carbons (Fsp3) is 0.500. The van der Waals surface area contributed by atoms with E-state index in [4.69, 9.17) is 14.5 Å². The number of halogens is 1. The number of nitrogens with zero attached hydrogens (tertiary/aromatic N) is 2. The number of nitrogens with one attached hydrogen (secondary N) is 2. The van der Waals surface area contributed by atoms with Gasteiger partial charge in [0.2, 0.25) is 6.79 Å². The number of aliphatic imine (C=N–C) groups is 1. The predicted molar refractivity (Wildman–Crippen MR) is 123 cm³/mol. The van der Waals surface area contributed by atoms with Gasteiger partial charge in [0, 0.05) is 36.0 Å². The highest BCUT2D eigenvalue weighted by atomic mass is 127. The van der Waals surface area contributed by atoms with Gasteiger partial charge in [-0.05, 0) is 44.4 Å². The molecule has 1 aromatic carbocycles. The second kappa shape index (κ2) is 9.30. The zero-order valence-electron chi connectivity index (χ0n) is 16.3. The summed E-state index contributed by atoms with van der Waals surface area (Å²) in [6.45, 7) is 6.95. The molecule has 2 heterocycles. The molecule has 2 aromatic rings. The molecule has 0 bridgehead atoms. The number of ether oxygens (including phenoxy) is 2. The summed E-state index contributed by atoms with van der Waals surface area (Å²) < 4.78 is 11.0. The van der Waals surface area contributed by atoms with E-state index in [0.717, 1.165) is 61.4 Å². The SMILES string of the molecule is CCNC(=NCC1(c2ccc3c(c2)OCO3)CC1)NCCc1ncc(C)s1.I. The number of aryl methyl sites for hydroxylation is 1. The Morgan fingerprint density at radius 2 is 2.07 bits per heavy atom. The van der Waals surface area contributed by atoms with Crippen molar-refractivity contribution in [2.75, 3.05) is 26.4 Å². The lowest BCUT2D eigenvalue weighted by molar-refractivity contribution is 0.174. The van der Waals surface area contributed by atoms with E-state index in [1.54, 1.807) is 11.3 Å². The molecular weight excluding hydrogens is 487 g/mol. The Morgan fingerprint density at radius 3 is 2.79 bits per heavy atom. The molecule has 28 heavy (non-hydrogen) atoms. The maximum absolute atomic E-state index is 5.54. The molecule has 0 spiro atoms. The third-order valence-electron chi connectivity index (χ3n) is 5.02. The minimum Gasteiger partial charge on any atom is -0.454 e. The minimum absolute atomic E-state index is 0. The first-order valence-electron chi connectivity index (χ1n) is 9.52.